The van der Waals surface area contributed by atoms with Gasteiger partial charge in [0, 0.05) is 19.2 Å². The average Bonchev–Trinajstić information content (AvgIpc) is 2.72. The Hall–Kier alpha value is -1.68. The van der Waals surface area contributed by atoms with Crippen LogP contribution in [0.1, 0.15) is 0 Å². The molecule has 0 aliphatic carbocycles. The molecule has 1 aromatic carbocycles. The lowest BCUT2D eigenvalue weighted by Crippen LogP contribution is -2.48. The highest BCUT2D eigenvalue weighted by molar-refractivity contribution is 5.48. The van der Waals surface area contributed by atoms with Crippen molar-refractivity contribution < 1.29 is 19.3 Å². The molecular weight excluding hydrogens is 239 g/mol. The first-order valence-corrected chi connectivity index (χ1v) is 5.47. The normalized spacial score (nSPS) is 26.9. The number of benzene rings is 1. The van der Waals surface area contributed by atoms with Crippen LogP contribution in [0.25, 0.3) is 4.85 Å². The maximum absolute atomic E-state index is 13.4. The van der Waals surface area contributed by atoms with Gasteiger partial charge in [0.25, 0.3) is 0 Å². The predicted molar refractivity (Wildman–Crippen MR) is 62.0 cm³/mol. The fraction of sp³-hybridized carbons (Fsp3) is 0.417. The van der Waals surface area contributed by atoms with E-state index in [-0.39, 0.29) is 18.0 Å². The van der Waals surface area contributed by atoms with E-state index in [2.05, 4.69) is 10.2 Å². The Labute approximate surface area is 104 Å². The number of nitrogens with zero attached hydrogens (tertiary/aromatic N) is 1. The maximum Gasteiger partial charge on any atom is 0.222 e. The van der Waals surface area contributed by atoms with Gasteiger partial charge in [0.1, 0.15) is 23.3 Å². The molecule has 1 saturated heterocycles. The Kier molecular flexibility index (Phi) is 3.48. The Morgan fingerprint density at radius 2 is 2.39 bits per heavy atom. The van der Waals surface area contributed by atoms with Gasteiger partial charge in [-0.05, 0) is 12.1 Å². The van der Waals surface area contributed by atoms with Crippen molar-refractivity contribution >= 4 is 5.69 Å². The molecule has 0 radical (unpaired) electrons. The molecule has 5 nitrogen and oxygen atoms in total. The first kappa shape index (κ1) is 12.8. The molecule has 1 aromatic rings. The van der Waals surface area contributed by atoms with Crippen molar-refractivity contribution in [1.82, 2.24) is 5.32 Å². The molecule has 0 amide bonds. The molecule has 1 aliphatic rings. The number of rotatable bonds is 3. The number of aliphatic hydroxyl groups excluding tert-OH is 1. The van der Waals surface area contributed by atoms with Crippen molar-refractivity contribution in [2.24, 2.45) is 0 Å². The van der Waals surface area contributed by atoms with Crippen molar-refractivity contribution in [2.45, 2.75) is 11.7 Å². The number of halogens is 1. The zero-order valence-electron chi connectivity index (χ0n) is 9.56. The highest BCUT2D eigenvalue weighted by Crippen LogP contribution is 2.26. The summed E-state index contributed by atoms with van der Waals surface area (Å²) in [6.07, 6.45) is -0.652. The van der Waals surface area contributed by atoms with Gasteiger partial charge in [-0.15, -0.1) is 0 Å². The molecule has 18 heavy (non-hydrogen) atoms. The van der Waals surface area contributed by atoms with Gasteiger partial charge >= 0.3 is 0 Å². The summed E-state index contributed by atoms with van der Waals surface area (Å²) in [6.45, 7) is 6.88. The third-order valence-corrected chi connectivity index (χ3v) is 2.95. The Balaban J connectivity index is 2.15. The molecule has 0 spiro atoms. The second-order valence-corrected chi connectivity index (χ2v) is 4.22. The van der Waals surface area contributed by atoms with E-state index in [4.69, 9.17) is 16.4 Å². The summed E-state index contributed by atoms with van der Waals surface area (Å²) in [6, 6.07) is 3.88. The Bertz CT molecular complexity index is 489. The molecular formula is C12H13FN2O3. The molecule has 96 valence electrons. The summed E-state index contributed by atoms with van der Waals surface area (Å²) in [7, 11) is 0. The highest BCUT2D eigenvalue weighted by Gasteiger charge is 2.42. The number of β-amino-alcohol motifs (C(OH)–C–C–N with tert-alkyl or cyclic N) is 1. The Morgan fingerprint density at radius 3 is 3.00 bits per heavy atom. The van der Waals surface area contributed by atoms with Crippen LogP contribution in [0.3, 0.4) is 0 Å². The first-order valence-electron chi connectivity index (χ1n) is 5.47. The van der Waals surface area contributed by atoms with E-state index in [0.29, 0.717) is 6.54 Å². The Morgan fingerprint density at radius 1 is 1.61 bits per heavy atom. The molecule has 1 fully saturated rings. The molecule has 6 heteroatoms. The van der Waals surface area contributed by atoms with Crippen molar-refractivity contribution in [2.75, 3.05) is 19.7 Å². The molecule has 2 atom stereocenters. The van der Waals surface area contributed by atoms with E-state index in [1.165, 1.54) is 12.1 Å². The SMILES string of the molecule is [C-]#[N+]c1ccc(O[C@H]2CNC[C@]2(O)CO)cc1F. The minimum Gasteiger partial charge on any atom is -0.486 e. The van der Waals surface area contributed by atoms with Crippen LogP contribution in [-0.4, -0.2) is 41.6 Å². The third kappa shape index (κ3) is 2.29. The summed E-state index contributed by atoms with van der Waals surface area (Å²) < 4.78 is 18.8. The van der Waals surface area contributed by atoms with Crippen molar-refractivity contribution in [3.05, 3.63) is 35.4 Å². The van der Waals surface area contributed by atoms with Gasteiger partial charge in [-0.3, -0.25) is 0 Å². The number of nitrogens with one attached hydrogen (secondary N) is 1. The molecule has 0 saturated carbocycles. The number of ether oxygens (including phenoxy) is 1. The smallest absolute Gasteiger partial charge is 0.222 e. The summed E-state index contributed by atoms with van der Waals surface area (Å²) in [5.41, 5.74) is -1.45. The average molecular weight is 252 g/mol. The van der Waals surface area contributed by atoms with E-state index >= 15 is 0 Å². The predicted octanol–water partition coefficient (Wildman–Crippen LogP) is 0.450. The molecule has 1 aliphatic heterocycles. The highest BCUT2D eigenvalue weighted by atomic mass is 19.1. The maximum atomic E-state index is 13.4. The first-order chi connectivity index (χ1) is 8.59. The monoisotopic (exact) mass is 252 g/mol. The lowest BCUT2D eigenvalue weighted by Gasteiger charge is -2.27. The van der Waals surface area contributed by atoms with Gasteiger partial charge in [0.2, 0.25) is 5.69 Å². The molecule has 0 unspecified atom stereocenters. The molecule has 2 rings (SSSR count). The fourth-order valence-corrected chi connectivity index (χ4v) is 1.85. The summed E-state index contributed by atoms with van der Waals surface area (Å²) in [5, 5.41) is 22.0. The van der Waals surface area contributed by atoms with E-state index < -0.39 is 24.1 Å². The van der Waals surface area contributed by atoms with Crippen LogP contribution in [0.15, 0.2) is 18.2 Å². The summed E-state index contributed by atoms with van der Waals surface area (Å²) >= 11 is 0. The zero-order chi connectivity index (χ0) is 13.2. The topological polar surface area (TPSA) is 66.1 Å². The van der Waals surface area contributed by atoms with Gasteiger partial charge in [-0.2, -0.15) is 0 Å². The fourth-order valence-electron chi connectivity index (χ4n) is 1.85. The molecule has 1 heterocycles. The van der Waals surface area contributed by atoms with E-state index in [0.717, 1.165) is 6.07 Å². The van der Waals surface area contributed by atoms with Crippen LogP contribution in [0.2, 0.25) is 0 Å². The number of aliphatic hydroxyl groups is 2. The third-order valence-electron chi connectivity index (χ3n) is 2.95. The number of hydrogen-bond donors (Lipinski definition) is 3. The van der Waals surface area contributed by atoms with Gasteiger partial charge in [-0.25, -0.2) is 9.24 Å². The van der Waals surface area contributed by atoms with Crippen LogP contribution in [-0.2, 0) is 0 Å². The lowest BCUT2D eigenvalue weighted by molar-refractivity contribution is -0.0632. The van der Waals surface area contributed by atoms with Gasteiger partial charge in [-0.1, -0.05) is 0 Å². The minimum atomic E-state index is -1.37. The standard InChI is InChI=1S/C12H13FN2O3/c1-14-10-3-2-8(4-9(10)13)18-11-5-15-6-12(11,17)7-16/h2-4,11,15-17H,5-7H2/t11-,12-/m0/s1. The van der Waals surface area contributed by atoms with Crippen LogP contribution in [0.5, 0.6) is 5.75 Å². The second-order valence-electron chi connectivity index (χ2n) is 4.22. The molecule has 0 aromatic heterocycles. The van der Waals surface area contributed by atoms with Crippen molar-refractivity contribution in [3.63, 3.8) is 0 Å². The van der Waals surface area contributed by atoms with Crippen molar-refractivity contribution in [1.29, 1.82) is 0 Å². The van der Waals surface area contributed by atoms with Gasteiger partial charge in [0.05, 0.1) is 13.2 Å². The second kappa shape index (κ2) is 4.90. The van der Waals surface area contributed by atoms with E-state index in [1.54, 1.807) is 0 Å². The van der Waals surface area contributed by atoms with Crippen LogP contribution in [0.4, 0.5) is 10.1 Å². The van der Waals surface area contributed by atoms with E-state index in [1.807, 2.05) is 0 Å². The van der Waals surface area contributed by atoms with Gasteiger partial charge in [0.15, 0.2) is 0 Å². The molecule has 3 N–H and O–H groups in total. The quantitative estimate of drug-likeness (QED) is 0.683. The number of hydrogen-bond acceptors (Lipinski definition) is 4. The minimum absolute atomic E-state index is 0.0793. The summed E-state index contributed by atoms with van der Waals surface area (Å²) in [5.74, 6) is -0.443. The van der Waals surface area contributed by atoms with E-state index in [9.17, 15) is 9.50 Å². The van der Waals surface area contributed by atoms with Crippen LogP contribution in [0, 0.1) is 12.4 Å². The van der Waals surface area contributed by atoms with Crippen LogP contribution < -0.4 is 10.1 Å². The van der Waals surface area contributed by atoms with Crippen LogP contribution >= 0.6 is 0 Å². The lowest BCUT2D eigenvalue weighted by atomic mass is 10.0. The van der Waals surface area contributed by atoms with Gasteiger partial charge < -0.3 is 20.3 Å². The summed E-state index contributed by atoms with van der Waals surface area (Å²) in [4.78, 5) is 3.01. The zero-order valence-corrected chi connectivity index (χ0v) is 9.56. The van der Waals surface area contributed by atoms with Crippen molar-refractivity contribution in [3.8, 4) is 5.75 Å². The molecule has 0 bridgehead atoms. The largest absolute Gasteiger partial charge is 0.486 e.